The smallest absolute Gasteiger partial charge is 0.276 e. The highest BCUT2D eigenvalue weighted by Gasteiger charge is 2.13. The lowest BCUT2D eigenvalue weighted by Crippen LogP contribution is -2.20. The fourth-order valence-corrected chi connectivity index (χ4v) is 3.09. The van der Waals surface area contributed by atoms with Gasteiger partial charge in [0, 0.05) is 16.3 Å². The molecular formula is C17H14Cl2N2O3S. The van der Waals surface area contributed by atoms with Crippen molar-refractivity contribution in [2.75, 3.05) is 12.4 Å². The molecule has 0 fully saturated rings. The molecular weight excluding hydrogens is 383 g/mol. The third-order valence-corrected chi connectivity index (χ3v) is 4.65. The molecule has 5 nitrogen and oxygen atoms in total. The third-order valence-electron chi connectivity index (χ3n) is 3.15. The summed E-state index contributed by atoms with van der Waals surface area (Å²) in [5, 5.41) is 19.3. The summed E-state index contributed by atoms with van der Waals surface area (Å²) >= 11 is 13.1. The van der Waals surface area contributed by atoms with E-state index in [0.29, 0.717) is 32.7 Å². The SMILES string of the molecule is O[C@H](COc1ccc(Cl)cc1Cl)CSc1nnc(-c2ccccc2)o1. The van der Waals surface area contributed by atoms with Crippen molar-refractivity contribution >= 4 is 35.0 Å². The van der Waals surface area contributed by atoms with Gasteiger partial charge < -0.3 is 14.3 Å². The lowest BCUT2D eigenvalue weighted by atomic mass is 10.2. The zero-order chi connectivity index (χ0) is 17.6. The van der Waals surface area contributed by atoms with E-state index in [1.807, 2.05) is 30.3 Å². The Balaban J connectivity index is 1.49. The van der Waals surface area contributed by atoms with Crippen LogP contribution in [0.2, 0.25) is 10.0 Å². The Kier molecular flexibility index (Phi) is 6.20. The maximum absolute atomic E-state index is 10.0. The van der Waals surface area contributed by atoms with Crippen molar-refractivity contribution in [2.45, 2.75) is 11.3 Å². The van der Waals surface area contributed by atoms with Crippen LogP contribution in [0.1, 0.15) is 0 Å². The van der Waals surface area contributed by atoms with Crippen LogP contribution in [0.4, 0.5) is 0 Å². The predicted molar refractivity (Wildman–Crippen MR) is 98.4 cm³/mol. The van der Waals surface area contributed by atoms with Gasteiger partial charge in [-0.1, -0.05) is 53.2 Å². The number of benzene rings is 2. The molecule has 25 heavy (non-hydrogen) atoms. The number of hydrogen-bond acceptors (Lipinski definition) is 6. The lowest BCUT2D eigenvalue weighted by Gasteiger charge is -2.12. The average molecular weight is 397 g/mol. The van der Waals surface area contributed by atoms with E-state index in [1.165, 1.54) is 11.8 Å². The molecule has 0 saturated heterocycles. The molecule has 130 valence electrons. The van der Waals surface area contributed by atoms with Crippen LogP contribution in [0.15, 0.2) is 58.2 Å². The second-order valence-corrected chi connectivity index (χ2v) is 6.90. The maximum atomic E-state index is 10.0. The Bertz CT molecular complexity index is 830. The molecule has 1 aromatic heterocycles. The van der Waals surface area contributed by atoms with Crippen molar-refractivity contribution < 1.29 is 14.3 Å². The molecule has 0 spiro atoms. The van der Waals surface area contributed by atoms with Crippen LogP contribution < -0.4 is 4.74 Å². The summed E-state index contributed by atoms with van der Waals surface area (Å²) in [5.41, 5.74) is 0.850. The highest BCUT2D eigenvalue weighted by molar-refractivity contribution is 7.99. The van der Waals surface area contributed by atoms with E-state index < -0.39 is 6.10 Å². The summed E-state index contributed by atoms with van der Waals surface area (Å²) in [5.74, 6) is 1.27. The molecule has 0 radical (unpaired) electrons. The summed E-state index contributed by atoms with van der Waals surface area (Å²) in [6.07, 6.45) is -0.719. The number of aliphatic hydroxyl groups is 1. The van der Waals surface area contributed by atoms with Gasteiger partial charge in [-0.05, 0) is 30.3 Å². The van der Waals surface area contributed by atoms with E-state index in [-0.39, 0.29) is 6.61 Å². The first-order chi connectivity index (χ1) is 12.1. The third kappa shape index (κ3) is 5.12. The quantitative estimate of drug-likeness (QED) is 0.589. The normalized spacial score (nSPS) is 12.1. The van der Waals surface area contributed by atoms with Crippen LogP contribution in [0, 0.1) is 0 Å². The molecule has 0 saturated carbocycles. The monoisotopic (exact) mass is 396 g/mol. The summed E-state index contributed by atoms with van der Waals surface area (Å²) in [6, 6.07) is 14.4. The van der Waals surface area contributed by atoms with E-state index >= 15 is 0 Å². The number of nitrogens with zero attached hydrogens (tertiary/aromatic N) is 2. The molecule has 0 amide bonds. The van der Waals surface area contributed by atoms with Crippen molar-refractivity contribution in [3.05, 3.63) is 58.6 Å². The van der Waals surface area contributed by atoms with Crippen LogP contribution in [-0.2, 0) is 0 Å². The van der Waals surface area contributed by atoms with Crippen molar-refractivity contribution in [3.63, 3.8) is 0 Å². The molecule has 1 heterocycles. The molecule has 8 heteroatoms. The zero-order valence-electron chi connectivity index (χ0n) is 12.9. The standard InChI is InChI=1S/C17H14Cl2N2O3S/c18-12-6-7-15(14(19)8-12)23-9-13(22)10-25-17-21-20-16(24-17)11-4-2-1-3-5-11/h1-8,13,22H,9-10H2/t13-/m1/s1. The summed E-state index contributed by atoms with van der Waals surface area (Å²) in [6.45, 7) is 0.0913. The van der Waals surface area contributed by atoms with E-state index in [9.17, 15) is 5.11 Å². The Morgan fingerprint density at radius 3 is 2.68 bits per heavy atom. The van der Waals surface area contributed by atoms with Gasteiger partial charge in [0.2, 0.25) is 5.89 Å². The van der Waals surface area contributed by atoms with Gasteiger partial charge in [0.25, 0.3) is 5.22 Å². The first kappa shape index (κ1) is 18.1. The van der Waals surface area contributed by atoms with Gasteiger partial charge in [-0.25, -0.2) is 0 Å². The maximum Gasteiger partial charge on any atom is 0.276 e. The predicted octanol–water partition coefficient (Wildman–Crippen LogP) is 4.58. The van der Waals surface area contributed by atoms with Crippen molar-refractivity contribution in [2.24, 2.45) is 0 Å². The van der Waals surface area contributed by atoms with Crippen LogP contribution >= 0.6 is 35.0 Å². The molecule has 0 aliphatic rings. The number of thioether (sulfide) groups is 1. The van der Waals surface area contributed by atoms with Crippen LogP contribution in [-0.4, -0.2) is 33.8 Å². The fourth-order valence-electron chi connectivity index (χ4n) is 1.96. The zero-order valence-corrected chi connectivity index (χ0v) is 15.3. The number of rotatable bonds is 7. The van der Waals surface area contributed by atoms with E-state index in [2.05, 4.69) is 10.2 Å². The first-order valence-electron chi connectivity index (χ1n) is 7.39. The molecule has 3 aromatic rings. The van der Waals surface area contributed by atoms with Gasteiger partial charge in [0.1, 0.15) is 12.4 Å². The molecule has 1 atom stereocenters. The Morgan fingerprint density at radius 1 is 1.12 bits per heavy atom. The second kappa shape index (κ2) is 8.58. The Labute approximate surface area is 158 Å². The average Bonchev–Trinajstić information content (AvgIpc) is 3.09. The topological polar surface area (TPSA) is 68.4 Å². The van der Waals surface area contributed by atoms with Crippen molar-refractivity contribution in [1.82, 2.24) is 10.2 Å². The van der Waals surface area contributed by atoms with Gasteiger partial charge >= 0.3 is 0 Å². The molecule has 3 rings (SSSR count). The fraction of sp³-hybridized carbons (Fsp3) is 0.176. The summed E-state index contributed by atoms with van der Waals surface area (Å²) in [7, 11) is 0. The molecule has 0 unspecified atom stereocenters. The van der Waals surface area contributed by atoms with Gasteiger partial charge in [0.15, 0.2) is 0 Å². The minimum atomic E-state index is -0.719. The van der Waals surface area contributed by atoms with Gasteiger partial charge in [-0.2, -0.15) is 0 Å². The van der Waals surface area contributed by atoms with Gasteiger partial charge in [-0.15, -0.1) is 10.2 Å². The molecule has 0 bridgehead atoms. The molecule has 1 N–H and O–H groups in total. The molecule has 0 aliphatic heterocycles. The number of ether oxygens (including phenoxy) is 1. The molecule has 2 aromatic carbocycles. The summed E-state index contributed by atoms with van der Waals surface area (Å²) < 4.78 is 11.1. The van der Waals surface area contributed by atoms with Crippen molar-refractivity contribution in [3.8, 4) is 17.2 Å². The van der Waals surface area contributed by atoms with Gasteiger partial charge in [-0.3, -0.25) is 0 Å². The number of aliphatic hydroxyl groups excluding tert-OH is 1. The second-order valence-electron chi connectivity index (χ2n) is 5.09. The van der Waals surface area contributed by atoms with E-state index in [4.69, 9.17) is 32.4 Å². The van der Waals surface area contributed by atoms with E-state index in [0.717, 1.165) is 5.56 Å². The highest BCUT2D eigenvalue weighted by Crippen LogP contribution is 2.28. The number of aromatic nitrogens is 2. The van der Waals surface area contributed by atoms with Gasteiger partial charge in [0.05, 0.1) is 11.1 Å². The number of halogens is 2. The van der Waals surface area contributed by atoms with E-state index in [1.54, 1.807) is 18.2 Å². The largest absolute Gasteiger partial charge is 0.489 e. The minimum absolute atomic E-state index is 0.0913. The van der Waals surface area contributed by atoms with Crippen molar-refractivity contribution in [1.29, 1.82) is 0 Å². The Morgan fingerprint density at radius 2 is 1.92 bits per heavy atom. The van der Waals surface area contributed by atoms with Crippen LogP contribution in [0.5, 0.6) is 5.75 Å². The molecule has 0 aliphatic carbocycles. The Hall–Kier alpha value is -1.73. The minimum Gasteiger partial charge on any atom is -0.489 e. The van der Waals surface area contributed by atoms with Crippen LogP contribution in [0.25, 0.3) is 11.5 Å². The van der Waals surface area contributed by atoms with Crippen LogP contribution in [0.3, 0.4) is 0 Å². The highest BCUT2D eigenvalue weighted by atomic mass is 35.5. The summed E-state index contributed by atoms with van der Waals surface area (Å²) in [4.78, 5) is 0. The number of hydrogen-bond donors (Lipinski definition) is 1. The lowest BCUT2D eigenvalue weighted by molar-refractivity contribution is 0.126. The first-order valence-corrected chi connectivity index (χ1v) is 9.13.